The molecule has 2 aromatic rings. The van der Waals surface area contributed by atoms with Crippen LogP contribution in [0.5, 0.6) is 0 Å². The maximum Gasteiger partial charge on any atom is 0.266 e. The fraction of sp³-hybridized carbons (Fsp3) is 0.357. The second-order valence-electron chi connectivity index (χ2n) is 5.51. The van der Waals surface area contributed by atoms with Gasteiger partial charge in [-0.15, -0.1) is 0 Å². The first-order valence-corrected chi connectivity index (χ1v) is 5.94. The van der Waals surface area contributed by atoms with Gasteiger partial charge < -0.3 is 0 Å². The zero-order valence-electron chi connectivity index (χ0n) is 10.9. The molecule has 0 saturated heterocycles. The van der Waals surface area contributed by atoms with Crippen LogP contribution in [0.1, 0.15) is 20.8 Å². The Hall–Kier alpha value is -1.97. The molecule has 0 fully saturated rings. The lowest BCUT2D eigenvalue weighted by atomic mass is 9.97. The number of hydrogen-bond donors (Lipinski definition) is 0. The summed E-state index contributed by atoms with van der Waals surface area (Å²) < 4.78 is 1.52. The Bertz CT molecular complexity index is 582. The van der Waals surface area contributed by atoms with Crippen LogP contribution in [-0.4, -0.2) is 14.8 Å². The molecule has 2 aromatic heterocycles. The van der Waals surface area contributed by atoms with Gasteiger partial charge in [-0.1, -0.05) is 20.8 Å². The number of pyridine rings is 1. The maximum atomic E-state index is 11.8. The maximum absolute atomic E-state index is 11.8. The van der Waals surface area contributed by atoms with Crippen LogP contribution in [0.3, 0.4) is 0 Å². The van der Waals surface area contributed by atoms with E-state index >= 15 is 0 Å². The molecule has 0 aliphatic heterocycles. The molecule has 0 saturated carbocycles. The molecule has 4 heteroatoms. The molecule has 0 atom stereocenters. The van der Waals surface area contributed by atoms with Gasteiger partial charge in [0, 0.05) is 30.6 Å². The molecule has 18 heavy (non-hydrogen) atoms. The van der Waals surface area contributed by atoms with Crippen LogP contribution in [0.15, 0.2) is 41.5 Å². The van der Waals surface area contributed by atoms with Crippen LogP contribution in [0.4, 0.5) is 0 Å². The fourth-order valence-electron chi connectivity index (χ4n) is 1.69. The van der Waals surface area contributed by atoms with Gasteiger partial charge in [0.15, 0.2) is 0 Å². The molecule has 0 aliphatic carbocycles. The van der Waals surface area contributed by atoms with E-state index in [1.165, 1.54) is 4.68 Å². The summed E-state index contributed by atoms with van der Waals surface area (Å²) in [6, 6.07) is 7.08. The first kappa shape index (κ1) is 12.5. The van der Waals surface area contributed by atoms with Gasteiger partial charge in [0.25, 0.3) is 5.56 Å². The van der Waals surface area contributed by atoms with E-state index in [1.807, 2.05) is 12.1 Å². The summed E-state index contributed by atoms with van der Waals surface area (Å²) >= 11 is 0. The SMILES string of the molecule is CC(C)(C)Cn1nc(-c2ccncc2)ccc1=O. The normalized spacial score (nSPS) is 11.5. The fourth-order valence-corrected chi connectivity index (χ4v) is 1.69. The molecule has 4 nitrogen and oxygen atoms in total. The van der Waals surface area contributed by atoms with E-state index in [1.54, 1.807) is 24.5 Å². The average Bonchev–Trinajstić information content (AvgIpc) is 2.31. The average molecular weight is 243 g/mol. The Labute approximate surface area is 106 Å². The van der Waals surface area contributed by atoms with Crippen LogP contribution in [0, 0.1) is 5.41 Å². The Balaban J connectivity index is 2.42. The van der Waals surface area contributed by atoms with E-state index in [9.17, 15) is 4.79 Å². The summed E-state index contributed by atoms with van der Waals surface area (Å²) in [6.07, 6.45) is 3.44. The summed E-state index contributed by atoms with van der Waals surface area (Å²) in [7, 11) is 0. The molecule has 2 rings (SSSR count). The lowest BCUT2D eigenvalue weighted by molar-refractivity contribution is 0.317. The monoisotopic (exact) mass is 243 g/mol. The van der Waals surface area contributed by atoms with Crippen molar-refractivity contribution in [1.82, 2.24) is 14.8 Å². The van der Waals surface area contributed by atoms with E-state index in [4.69, 9.17) is 0 Å². The Kier molecular flexibility index (Phi) is 3.28. The van der Waals surface area contributed by atoms with Crippen molar-refractivity contribution >= 4 is 0 Å². The number of rotatable bonds is 2. The zero-order valence-corrected chi connectivity index (χ0v) is 10.9. The first-order valence-electron chi connectivity index (χ1n) is 5.94. The van der Waals surface area contributed by atoms with Gasteiger partial charge in [-0.25, -0.2) is 4.68 Å². The topological polar surface area (TPSA) is 47.8 Å². The summed E-state index contributed by atoms with van der Waals surface area (Å²) in [6.45, 7) is 6.85. The Morgan fingerprint density at radius 2 is 1.78 bits per heavy atom. The zero-order chi connectivity index (χ0) is 13.2. The van der Waals surface area contributed by atoms with Crippen molar-refractivity contribution < 1.29 is 0 Å². The Morgan fingerprint density at radius 3 is 2.39 bits per heavy atom. The van der Waals surface area contributed by atoms with Crippen molar-refractivity contribution in [2.45, 2.75) is 27.3 Å². The third kappa shape index (κ3) is 3.03. The molecule has 0 aliphatic rings. The second kappa shape index (κ2) is 4.72. The minimum atomic E-state index is -0.0669. The predicted octanol–water partition coefficient (Wildman–Crippen LogP) is 2.35. The lowest BCUT2D eigenvalue weighted by Crippen LogP contribution is -2.28. The predicted molar refractivity (Wildman–Crippen MR) is 71.2 cm³/mol. The molecule has 2 heterocycles. The van der Waals surface area contributed by atoms with Gasteiger partial charge in [-0.2, -0.15) is 5.10 Å². The van der Waals surface area contributed by atoms with Crippen molar-refractivity contribution in [1.29, 1.82) is 0 Å². The minimum Gasteiger partial charge on any atom is -0.268 e. The van der Waals surface area contributed by atoms with Crippen molar-refractivity contribution in [3.8, 4) is 11.3 Å². The van der Waals surface area contributed by atoms with Gasteiger partial charge in [0.1, 0.15) is 0 Å². The molecule has 0 unspecified atom stereocenters. The number of aromatic nitrogens is 3. The first-order chi connectivity index (χ1) is 8.46. The third-order valence-electron chi connectivity index (χ3n) is 2.47. The molecule has 0 N–H and O–H groups in total. The van der Waals surface area contributed by atoms with Crippen molar-refractivity contribution in [3.05, 3.63) is 47.0 Å². The van der Waals surface area contributed by atoms with Gasteiger partial charge >= 0.3 is 0 Å². The van der Waals surface area contributed by atoms with E-state index < -0.39 is 0 Å². The second-order valence-corrected chi connectivity index (χ2v) is 5.51. The van der Waals surface area contributed by atoms with Crippen LogP contribution in [0.25, 0.3) is 11.3 Å². The number of hydrogen-bond acceptors (Lipinski definition) is 3. The molecule has 0 spiro atoms. The van der Waals surface area contributed by atoms with Crippen molar-refractivity contribution in [2.24, 2.45) is 5.41 Å². The lowest BCUT2D eigenvalue weighted by Gasteiger charge is -2.19. The van der Waals surface area contributed by atoms with Crippen LogP contribution >= 0.6 is 0 Å². The van der Waals surface area contributed by atoms with Gasteiger partial charge in [-0.3, -0.25) is 9.78 Å². The third-order valence-corrected chi connectivity index (χ3v) is 2.47. The Morgan fingerprint density at radius 1 is 1.11 bits per heavy atom. The molecule has 0 radical (unpaired) electrons. The molecule has 0 bridgehead atoms. The molecule has 0 amide bonds. The van der Waals surface area contributed by atoms with E-state index in [2.05, 4.69) is 30.9 Å². The van der Waals surface area contributed by atoms with E-state index in [0.717, 1.165) is 11.3 Å². The molecular formula is C14H17N3O. The number of nitrogens with zero attached hydrogens (tertiary/aromatic N) is 3. The van der Waals surface area contributed by atoms with Crippen LogP contribution < -0.4 is 5.56 Å². The highest BCUT2D eigenvalue weighted by atomic mass is 16.1. The highest BCUT2D eigenvalue weighted by Crippen LogP contribution is 2.17. The highest BCUT2D eigenvalue weighted by Gasteiger charge is 2.13. The standard InChI is InChI=1S/C14H17N3O/c1-14(2,3)10-17-13(18)5-4-12(16-17)11-6-8-15-9-7-11/h4-9H,10H2,1-3H3. The van der Waals surface area contributed by atoms with Gasteiger partial charge in [0.05, 0.1) is 5.69 Å². The van der Waals surface area contributed by atoms with Crippen molar-refractivity contribution in [3.63, 3.8) is 0 Å². The molecular weight excluding hydrogens is 226 g/mol. The molecule has 94 valence electrons. The van der Waals surface area contributed by atoms with Crippen LogP contribution in [-0.2, 0) is 6.54 Å². The highest BCUT2D eigenvalue weighted by molar-refractivity contribution is 5.56. The van der Waals surface area contributed by atoms with Crippen LogP contribution in [0.2, 0.25) is 0 Å². The summed E-state index contributed by atoms with van der Waals surface area (Å²) in [5.41, 5.74) is 1.71. The largest absolute Gasteiger partial charge is 0.268 e. The van der Waals surface area contributed by atoms with Crippen molar-refractivity contribution in [2.75, 3.05) is 0 Å². The van der Waals surface area contributed by atoms with E-state index in [0.29, 0.717) is 6.54 Å². The molecule has 0 aromatic carbocycles. The smallest absolute Gasteiger partial charge is 0.266 e. The summed E-state index contributed by atoms with van der Waals surface area (Å²) in [4.78, 5) is 15.7. The summed E-state index contributed by atoms with van der Waals surface area (Å²) in [5.74, 6) is 0. The summed E-state index contributed by atoms with van der Waals surface area (Å²) in [5, 5.41) is 4.40. The minimum absolute atomic E-state index is 0.0215. The quantitative estimate of drug-likeness (QED) is 0.813. The van der Waals surface area contributed by atoms with Gasteiger partial charge in [-0.05, 0) is 23.6 Å². The van der Waals surface area contributed by atoms with Gasteiger partial charge in [0.2, 0.25) is 0 Å². The van der Waals surface area contributed by atoms with E-state index in [-0.39, 0.29) is 11.0 Å².